The zero-order valence-corrected chi connectivity index (χ0v) is 12.2. The van der Waals surface area contributed by atoms with Crippen LogP contribution in [-0.2, 0) is 6.61 Å². The molecule has 21 heavy (non-hydrogen) atoms. The fraction of sp³-hybridized carbons (Fsp3) is 0.214. The summed E-state index contributed by atoms with van der Waals surface area (Å²) < 4.78 is 5.53. The maximum absolute atomic E-state index is 11.6. The Labute approximate surface area is 125 Å². The lowest BCUT2D eigenvalue weighted by atomic mass is 10.3. The number of rotatable bonds is 6. The minimum atomic E-state index is -0.457. The Kier molecular flexibility index (Phi) is 4.89. The van der Waals surface area contributed by atoms with Crippen LogP contribution in [0.4, 0.5) is 5.69 Å². The molecule has 1 heterocycles. The highest BCUT2D eigenvalue weighted by Gasteiger charge is 2.09. The fourth-order valence-corrected chi connectivity index (χ4v) is 2.46. The quantitative estimate of drug-likeness (QED) is 0.657. The molecule has 0 spiro atoms. The van der Waals surface area contributed by atoms with Crippen molar-refractivity contribution in [2.45, 2.75) is 13.5 Å². The summed E-state index contributed by atoms with van der Waals surface area (Å²) in [6.45, 7) is 2.77. The predicted octanol–water partition coefficient (Wildman–Crippen LogP) is 2.99. The number of amides is 1. The third-order valence-electron chi connectivity index (χ3n) is 2.67. The second-order valence-corrected chi connectivity index (χ2v) is 5.13. The molecule has 0 saturated heterocycles. The SMILES string of the molecule is CCNC(=O)c1cc(COc2ccc([N+](=O)[O-])cc2)cs1. The third-order valence-corrected chi connectivity index (χ3v) is 3.65. The Morgan fingerprint density at radius 3 is 2.71 bits per heavy atom. The van der Waals surface area contributed by atoms with Crippen molar-refractivity contribution >= 4 is 22.9 Å². The van der Waals surface area contributed by atoms with Crippen LogP contribution in [0.3, 0.4) is 0 Å². The summed E-state index contributed by atoms with van der Waals surface area (Å²) in [7, 11) is 0. The van der Waals surface area contributed by atoms with E-state index in [1.807, 2.05) is 12.3 Å². The van der Waals surface area contributed by atoms with Gasteiger partial charge in [0.15, 0.2) is 0 Å². The number of carbonyl (C=O) groups is 1. The van der Waals surface area contributed by atoms with Gasteiger partial charge in [0, 0.05) is 24.2 Å². The lowest BCUT2D eigenvalue weighted by Crippen LogP contribution is -2.21. The first-order valence-corrected chi connectivity index (χ1v) is 7.21. The Hall–Kier alpha value is -2.41. The molecular formula is C14H14N2O4S. The maximum atomic E-state index is 11.6. The first kappa shape index (κ1) is 15.0. The number of thiophene rings is 1. The highest BCUT2D eigenvalue weighted by atomic mass is 32.1. The number of hydrogen-bond donors (Lipinski definition) is 1. The number of ether oxygens (including phenoxy) is 1. The van der Waals surface area contributed by atoms with Crippen molar-refractivity contribution in [1.82, 2.24) is 5.32 Å². The van der Waals surface area contributed by atoms with Crippen LogP contribution in [0.15, 0.2) is 35.7 Å². The van der Waals surface area contributed by atoms with Crippen molar-refractivity contribution in [3.05, 3.63) is 56.3 Å². The molecule has 110 valence electrons. The van der Waals surface area contributed by atoms with E-state index in [-0.39, 0.29) is 11.6 Å². The summed E-state index contributed by atoms with van der Waals surface area (Å²) in [5.74, 6) is 0.454. The summed E-state index contributed by atoms with van der Waals surface area (Å²) >= 11 is 1.36. The lowest BCUT2D eigenvalue weighted by molar-refractivity contribution is -0.384. The molecule has 0 unspecified atom stereocenters. The van der Waals surface area contributed by atoms with Crippen molar-refractivity contribution in [3.63, 3.8) is 0 Å². The van der Waals surface area contributed by atoms with Crippen LogP contribution in [0.25, 0.3) is 0 Å². The van der Waals surface area contributed by atoms with Crippen molar-refractivity contribution in [2.24, 2.45) is 0 Å². The van der Waals surface area contributed by atoms with E-state index in [0.29, 0.717) is 23.8 Å². The van der Waals surface area contributed by atoms with Gasteiger partial charge in [-0.15, -0.1) is 11.3 Å². The topological polar surface area (TPSA) is 81.5 Å². The molecule has 0 radical (unpaired) electrons. The van der Waals surface area contributed by atoms with E-state index in [1.54, 1.807) is 18.2 Å². The van der Waals surface area contributed by atoms with E-state index < -0.39 is 4.92 Å². The standard InChI is InChI=1S/C14H14N2O4S/c1-2-15-14(17)13-7-10(9-21-13)8-20-12-5-3-11(4-6-12)16(18)19/h3-7,9H,2,8H2,1H3,(H,15,17). The number of nitro benzene ring substituents is 1. The molecule has 0 saturated carbocycles. The number of non-ortho nitro benzene ring substituents is 1. The third kappa shape index (κ3) is 4.03. The van der Waals surface area contributed by atoms with Gasteiger partial charge >= 0.3 is 0 Å². The summed E-state index contributed by atoms with van der Waals surface area (Å²) in [6, 6.07) is 7.66. The Morgan fingerprint density at radius 2 is 2.10 bits per heavy atom. The van der Waals surface area contributed by atoms with Gasteiger partial charge in [-0.1, -0.05) is 0 Å². The molecular weight excluding hydrogens is 292 g/mol. The second kappa shape index (κ2) is 6.85. The van der Waals surface area contributed by atoms with Crippen LogP contribution in [-0.4, -0.2) is 17.4 Å². The first-order chi connectivity index (χ1) is 10.1. The van der Waals surface area contributed by atoms with Crippen LogP contribution >= 0.6 is 11.3 Å². The highest BCUT2D eigenvalue weighted by Crippen LogP contribution is 2.20. The number of carbonyl (C=O) groups excluding carboxylic acids is 1. The van der Waals surface area contributed by atoms with Crippen molar-refractivity contribution in [1.29, 1.82) is 0 Å². The average molecular weight is 306 g/mol. The minimum absolute atomic E-state index is 0.0245. The highest BCUT2D eigenvalue weighted by molar-refractivity contribution is 7.12. The van der Waals surface area contributed by atoms with E-state index in [1.165, 1.54) is 23.5 Å². The summed E-state index contributed by atoms with van der Waals surface area (Å²) in [6.07, 6.45) is 0. The number of nitro groups is 1. The van der Waals surface area contributed by atoms with E-state index in [9.17, 15) is 14.9 Å². The molecule has 0 aliphatic rings. The largest absolute Gasteiger partial charge is 0.489 e. The number of nitrogens with one attached hydrogen (secondary N) is 1. The Balaban J connectivity index is 1.94. The number of benzene rings is 1. The van der Waals surface area contributed by atoms with E-state index in [4.69, 9.17) is 4.74 Å². The molecule has 1 aromatic heterocycles. The number of nitrogens with zero attached hydrogens (tertiary/aromatic N) is 1. The normalized spacial score (nSPS) is 10.1. The van der Waals surface area contributed by atoms with Crippen LogP contribution < -0.4 is 10.1 Å². The van der Waals surface area contributed by atoms with Crippen LogP contribution in [0, 0.1) is 10.1 Å². The smallest absolute Gasteiger partial charge is 0.269 e. The fourth-order valence-electron chi connectivity index (χ4n) is 1.65. The molecule has 6 nitrogen and oxygen atoms in total. The van der Waals surface area contributed by atoms with Crippen LogP contribution in [0.2, 0.25) is 0 Å². The Morgan fingerprint density at radius 1 is 1.38 bits per heavy atom. The van der Waals surface area contributed by atoms with Gasteiger partial charge in [0.2, 0.25) is 0 Å². The molecule has 2 aromatic rings. The van der Waals surface area contributed by atoms with Gasteiger partial charge in [-0.2, -0.15) is 0 Å². The van der Waals surface area contributed by atoms with Gasteiger partial charge < -0.3 is 10.1 Å². The zero-order valence-electron chi connectivity index (χ0n) is 11.4. The van der Waals surface area contributed by atoms with E-state index >= 15 is 0 Å². The van der Waals surface area contributed by atoms with E-state index in [2.05, 4.69) is 5.32 Å². The molecule has 1 amide bonds. The molecule has 0 aliphatic heterocycles. The lowest BCUT2D eigenvalue weighted by Gasteiger charge is -2.04. The molecule has 0 aliphatic carbocycles. The zero-order chi connectivity index (χ0) is 15.2. The van der Waals surface area contributed by atoms with Gasteiger partial charge in [-0.3, -0.25) is 14.9 Å². The summed E-state index contributed by atoms with van der Waals surface area (Å²) in [5, 5.41) is 15.1. The molecule has 0 fully saturated rings. The summed E-state index contributed by atoms with van der Waals surface area (Å²) in [5.41, 5.74) is 0.913. The monoisotopic (exact) mass is 306 g/mol. The molecule has 7 heteroatoms. The molecule has 0 bridgehead atoms. The molecule has 1 N–H and O–H groups in total. The molecule has 2 rings (SSSR count). The van der Waals surface area contributed by atoms with Gasteiger partial charge in [-0.05, 0) is 30.5 Å². The van der Waals surface area contributed by atoms with E-state index in [0.717, 1.165) is 5.56 Å². The van der Waals surface area contributed by atoms with Crippen LogP contribution in [0.1, 0.15) is 22.2 Å². The second-order valence-electron chi connectivity index (χ2n) is 4.22. The maximum Gasteiger partial charge on any atom is 0.269 e. The summed E-state index contributed by atoms with van der Waals surface area (Å²) in [4.78, 5) is 22.3. The van der Waals surface area contributed by atoms with Crippen molar-refractivity contribution < 1.29 is 14.5 Å². The van der Waals surface area contributed by atoms with Crippen molar-refractivity contribution in [2.75, 3.05) is 6.54 Å². The van der Waals surface area contributed by atoms with Crippen LogP contribution in [0.5, 0.6) is 5.75 Å². The Bertz CT molecular complexity index is 637. The first-order valence-electron chi connectivity index (χ1n) is 6.33. The van der Waals surface area contributed by atoms with Gasteiger partial charge in [-0.25, -0.2) is 0 Å². The van der Waals surface area contributed by atoms with Gasteiger partial charge in [0.1, 0.15) is 12.4 Å². The average Bonchev–Trinajstić information content (AvgIpc) is 2.95. The molecule has 1 aromatic carbocycles. The number of hydrogen-bond acceptors (Lipinski definition) is 5. The molecule has 0 atom stereocenters. The minimum Gasteiger partial charge on any atom is -0.489 e. The van der Waals surface area contributed by atoms with Gasteiger partial charge in [0.05, 0.1) is 9.80 Å². The van der Waals surface area contributed by atoms with Crippen molar-refractivity contribution in [3.8, 4) is 5.75 Å². The predicted molar refractivity (Wildman–Crippen MR) is 79.8 cm³/mol. The van der Waals surface area contributed by atoms with Gasteiger partial charge in [0.25, 0.3) is 11.6 Å².